The lowest BCUT2D eigenvalue weighted by atomic mass is 9.99. The second kappa shape index (κ2) is 9.23. The van der Waals surface area contributed by atoms with Gasteiger partial charge < -0.3 is 20.9 Å². The van der Waals surface area contributed by atoms with Gasteiger partial charge in [-0.3, -0.25) is 0 Å². The van der Waals surface area contributed by atoms with Crippen LogP contribution in [0.1, 0.15) is 43.7 Å². The van der Waals surface area contributed by atoms with Crippen LogP contribution in [-0.4, -0.2) is 48.7 Å². The number of hydrogen-bond donors (Lipinski definition) is 3. The summed E-state index contributed by atoms with van der Waals surface area (Å²) in [7, 11) is 0. The quantitative estimate of drug-likeness (QED) is 0.331. The Hall–Kier alpha value is -3.98. The average molecular weight is 482 g/mol. The molecule has 0 amide bonds. The number of H-pyrrole nitrogens is 1. The van der Waals surface area contributed by atoms with Gasteiger partial charge in [-0.15, -0.1) is 0 Å². The minimum Gasteiger partial charge on any atom is -0.350 e. The first-order chi connectivity index (χ1) is 17.6. The molecule has 9 heteroatoms. The molecule has 5 aromatic rings. The van der Waals surface area contributed by atoms with Crippen LogP contribution in [0.5, 0.6) is 0 Å². The topological polar surface area (TPSA) is 113 Å². The maximum absolute atomic E-state index is 6.14. The number of fused-ring (bicyclic) bond motifs is 2. The van der Waals surface area contributed by atoms with Crippen LogP contribution in [0.3, 0.4) is 0 Å². The van der Waals surface area contributed by atoms with Gasteiger partial charge in [0.2, 0.25) is 11.9 Å². The molecular formula is C27H31N9. The number of hydrogen-bond acceptors (Lipinski definition) is 7. The minimum absolute atomic E-state index is 0.251. The van der Waals surface area contributed by atoms with Crippen LogP contribution in [0.4, 0.5) is 11.9 Å². The predicted octanol–water partition coefficient (Wildman–Crippen LogP) is 4.33. The van der Waals surface area contributed by atoms with Gasteiger partial charge in [-0.2, -0.15) is 19.6 Å². The van der Waals surface area contributed by atoms with E-state index in [1.54, 1.807) is 6.33 Å². The summed E-state index contributed by atoms with van der Waals surface area (Å²) in [4.78, 5) is 19.6. The zero-order chi connectivity index (χ0) is 24.6. The molecule has 0 aliphatic carbocycles. The molecule has 4 N–H and O–H groups in total. The molecule has 6 rings (SSSR count). The first-order valence-corrected chi connectivity index (χ1v) is 12.6. The van der Waals surface area contributed by atoms with Crippen molar-refractivity contribution >= 4 is 28.6 Å². The van der Waals surface area contributed by atoms with E-state index in [4.69, 9.17) is 15.7 Å². The van der Waals surface area contributed by atoms with E-state index < -0.39 is 0 Å². The van der Waals surface area contributed by atoms with Crippen molar-refractivity contribution in [1.29, 1.82) is 0 Å². The maximum Gasteiger partial charge on any atom is 0.230 e. The number of piperidine rings is 1. The molecule has 184 valence electrons. The highest BCUT2D eigenvalue weighted by atomic mass is 15.4. The summed E-state index contributed by atoms with van der Waals surface area (Å²) in [6.45, 7) is 6.66. The molecule has 3 aromatic heterocycles. The number of aromatic nitrogens is 6. The van der Waals surface area contributed by atoms with Crippen molar-refractivity contribution in [2.24, 2.45) is 5.73 Å². The summed E-state index contributed by atoms with van der Waals surface area (Å²) in [6, 6.07) is 15.0. The largest absolute Gasteiger partial charge is 0.350 e. The normalized spacial score (nSPS) is 14.8. The predicted molar refractivity (Wildman–Crippen MR) is 143 cm³/mol. The number of nitrogens with one attached hydrogen (secondary N) is 2. The number of nitrogens with zero attached hydrogens (tertiary/aromatic N) is 6. The summed E-state index contributed by atoms with van der Waals surface area (Å²) >= 11 is 0. The summed E-state index contributed by atoms with van der Waals surface area (Å²) < 4.78 is 1.83. The Labute approximate surface area is 209 Å². The van der Waals surface area contributed by atoms with Crippen LogP contribution in [0.15, 0.2) is 55.0 Å². The van der Waals surface area contributed by atoms with Crippen molar-refractivity contribution in [3.8, 4) is 11.1 Å². The van der Waals surface area contributed by atoms with Crippen LogP contribution in [-0.2, 0) is 6.54 Å². The van der Waals surface area contributed by atoms with E-state index in [-0.39, 0.29) is 6.04 Å². The Morgan fingerprint density at radius 3 is 2.78 bits per heavy atom. The summed E-state index contributed by atoms with van der Waals surface area (Å²) in [5, 5.41) is 8.20. The Kier molecular flexibility index (Phi) is 5.77. The standard InChI is InChI=1S/C27H31N9/c1-17(2)22-15-32-36-25(22)33-27(35-11-9-20(28)10-12-35)34-26(36)29-14-19-5-3-4-6-21(19)18-7-8-23-24(13-18)31-16-30-23/h3-8,13,15-17,20H,9-12,14,28H2,1-2H3,(H,30,31)(H,29,33,34). The van der Waals surface area contributed by atoms with E-state index in [1.807, 2.05) is 16.8 Å². The molecule has 1 aliphatic rings. The van der Waals surface area contributed by atoms with E-state index in [0.29, 0.717) is 18.4 Å². The molecule has 0 spiro atoms. The van der Waals surface area contributed by atoms with Gasteiger partial charge in [-0.05, 0) is 47.6 Å². The van der Waals surface area contributed by atoms with Crippen molar-refractivity contribution in [3.05, 3.63) is 66.1 Å². The van der Waals surface area contributed by atoms with Gasteiger partial charge in [0.25, 0.3) is 0 Å². The Morgan fingerprint density at radius 1 is 1.11 bits per heavy atom. The van der Waals surface area contributed by atoms with Gasteiger partial charge in [-0.1, -0.05) is 44.2 Å². The molecular weight excluding hydrogens is 450 g/mol. The van der Waals surface area contributed by atoms with Crippen LogP contribution >= 0.6 is 0 Å². The molecule has 1 fully saturated rings. The highest BCUT2D eigenvalue weighted by Gasteiger charge is 2.22. The third-order valence-electron chi connectivity index (χ3n) is 7.01. The second-order valence-corrected chi connectivity index (χ2v) is 9.81. The lowest BCUT2D eigenvalue weighted by Crippen LogP contribution is -2.40. The van der Waals surface area contributed by atoms with Gasteiger partial charge in [0.15, 0.2) is 5.65 Å². The third-order valence-corrected chi connectivity index (χ3v) is 7.01. The number of nitrogens with two attached hydrogens (primary N) is 1. The van der Waals surface area contributed by atoms with Gasteiger partial charge in [-0.25, -0.2) is 4.98 Å². The Bertz CT molecular complexity index is 1510. The number of benzene rings is 2. The average Bonchev–Trinajstić information content (AvgIpc) is 3.54. The van der Waals surface area contributed by atoms with Crippen molar-refractivity contribution in [1.82, 2.24) is 29.5 Å². The van der Waals surface area contributed by atoms with Crippen molar-refractivity contribution in [3.63, 3.8) is 0 Å². The zero-order valence-electron chi connectivity index (χ0n) is 20.6. The fourth-order valence-corrected chi connectivity index (χ4v) is 4.88. The molecule has 4 heterocycles. The van der Waals surface area contributed by atoms with E-state index in [9.17, 15) is 0 Å². The van der Waals surface area contributed by atoms with Crippen LogP contribution < -0.4 is 16.0 Å². The molecule has 0 radical (unpaired) electrons. The molecule has 1 saturated heterocycles. The number of imidazole rings is 1. The molecule has 0 saturated carbocycles. The van der Waals surface area contributed by atoms with Crippen LogP contribution in [0.25, 0.3) is 27.8 Å². The molecule has 0 unspecified atom stereocenters. The zero-order valence-corrected chi connectivity index (χ0v) is 20.6. The molecule has 1 aliphatic heterocycles. The monoisotopic (exact) mass is 481 g/mol. The molecule has 2 aromatic carbocycles. The van der Waals surface area contributed by atoms with Crippen molar-refractivity contribution in [2.45, 2.75) is 45.2 Å². The van der Waals surface area contributed by atoms with Gasteiger partial charge in [0, 0.05) is 31.2 Å². The van der Waals surface area contributed by atoms with E-state index in [1.165, 1.54) is 11.1 Å². The third kappa shape index (κ3) is 4.15. The van der Waals surface area contributed by atoms with Gasteiger partial charge in [0.1, 0.15) is 0 Å². The fourth-order valence-electron chi connectivity index (χ4n) is 4.88. The lowest BCUT2D eigenvalue weighted by molar-refractivity contribution is 0.495. The highest BCUT2D eigenvalue weighted by Crippen LogP contribution is 2.28. The van der Waals surface area contributed by atoms with E-state index >= 15 is 0 Å². The molecule has 0 bridgehead atoms. The number of anilines is 2. The second-order valence-electron chi connectivity index (χ2n) is 9.81. The Balaban J connectivity index is 1.35. The molecule has 36 heavy (non-hydrogen) atoms. The van der Waals surface area contributed by atoms with Crippen molar-refractivity contribution in [2.75, 3.05) is 23.3 Å². The number of aromatic amines is 1. The summed E-state index contributed by atoms with van der Waals surface area (Å²) in [5.74, 6) is 1.74. The smallest absolute Gasteiger partial charge is 0.230 e. The SMILES string of the molecule is CC(C)c1cnn2c(NCc3ccccc3-c3ccc4nc[nH]c4c3)nc(N3CCC(N)CC3)nc12. The number of rotatable bonds is 6. The molecule has 9 nitrogen and oxygen atoms in total. The Morgan fingerprint density at radius 2 is 1.94 bits per heavy atom. The highest BCUT2D eigenvalue weighted by molar-refractivity contribution is 5.82. The summed E-state index contributed by atoms with van der Waals surface area (Å²) in [5.41, 5.74) is 13.6. The lowest BCUT2D eigenvalue weighted by Gasteiger charge is -2.30. The van der Waals surface area contributed by atoms with Crippen LogP contribution in [0.2, 0.25) is 0 Å². The van der Waals surface area contributed by atoms with Crippen molar-refractivity contribution < 1.29 is 0 Å². The van der Waals surface area contributed by atoms with Gasteiger partial charge in [0.05, 0.1) is 23.6 Å². The van der Waals surface area contributed by atoms with E-state index in [0.717, 1.165) is 59.7 Å². The van der Waals surface area contributed by atoms with E-state index in [2.05, 4.69) is 75.5 Å². The molecule has 0 atom stereocenters. The first-order valence-electron chi connectivity index (χ1n) is 12.6. The fraction of sp³-hybridized carbons (Fsp3) is 0.333. The minimum atomic E-state index is 0.251. The van der Waals surface area contributed by atoms with Crippen LogP contribution in [0, 0.1) is 0 Å². The maximum atomic E-state index is 6.14. The summed E-state index contributed by atoms with van der Waals surface area (Å²) in [6.07, 6.45) is 5.53. The van der Waals surface area contributed by atoms with Gasteiger partial charge >= 0.3 is 0 Å². The first kappa shape index (κ1) is 22.5.